The number of benzene rings is 2. The van der Waals surface area contributed by atoms with Crippen LogP contribution in [0.3, 0.4) is 0 Å². The van der Waals surface area contributed by atoms with Crippen LogP contribution in [0.1, 0.15) is 56.3 Å². The average molecular weight is 526 g/mol. The van der Waals surface area contributed by atoms with E-state index < -0.39 is 24.2 Å². The second-order valence-electron chi connectivity index (χ2n) is 6.79. The van der Waals surface area contributed by atoms with Crippen molar-refractivity contribution in [2.45, 2.75) is 34.8 Å². The summed E-state index contributed by atoms with van der Waals surface area (Å²) < 4.78 is 85.2. The number of halogens is 8. The van der Waals surface area contributed by atoms with Gasteiger partial charge in [0, 0.05) is 10.7 Å². The minimum atomic E-state index is -4.72. The Bertz CT molecular complexity index is 910. The molecule has 0 nitrogen and oxygen atoms in total. The molecule has 0 saturated heterocycles. The number of hydrogen-bond donors (Lipinski definition) is 0. The normalized spacial score (nSPS) is 20.3. The van der Waals surface area contributed by atoms with Gasteiger partial charge in [-0.1, -0.05) is 68.3 Å². The minimum Gasteiger partial charge on any atom is -0.170 e. The van der Waals surface area contributed by atoms with Crippen molar-refractivity contribution < 1.29 is 26.3 Å². The van der Waals surface area contributed by atoms with Gasteiger partial charge in [0.2, 0.25) is 0 Å². The van der Waals surface area contributed by atoms with Gasteiger partial charge >= 0.3 is 12.4 Å². The second kappa shape index (κ2) is 6.62. The summed E-state index contributed by atoms with van der Waals surface area (Å²) in [5, 5.41) is 0.0911. The van der Waals surface area contributed by atoms with Gasteiger partial charge in [0.15, 0.2) is 0 Å². The fourth-order valence-electron chi connectivity index (χ4n) is 4.37. The van der Waals surface area contributed by atoms with E-state index in [-0.39, 0.29) is 44.0 Å². The van der Waals surface area contributed by atoms with Crippen molar-refractivity contribution >= 4 is 44.0 Å². The summed E-state index contributed by atoms with van der Waals surface area (Å²) in [5.74, 6) is -4.19. The third-order valence-electron chi connectivity index (χ3n) is 5.41. The maximum Gasteiger partial charge on any atom is 0.399 e. The molecule has 2 unspecified atom stereocenters. The Morgan fingerprint density at radius 2 is 1.04 bits per heavy atom. The van der Waals surface area contributed by atoms with Gasteiger partial charge in [-0.05, 0) is 44.5 Å². The smallest absolute Gasteiger partial charge is 0.170 e. The maximum atomic E-state index is 14.2. The van der Waals surface area contributed by atoms with Gasteiger partial charge in [0.1, 0.15) is 11.8 Å². The molecule has 0 fully saturated rings. The largest absolute Gasteiger partial charge is 0.399 e. The highest BCUT2D eigenvalue weighted by molar-refractivity contribution is 9.08. The van der Waals surface area contributed by atoms with Crippen LogP contribution in [-0.2, 0) is 10.7 Å². The van der Waals surface area contributed by atoms with Crippen molar-refractivity contribution in [3.8, 4) is 0 Å². The molecule has 0 aromatic heterocycles. The first-order valence-corrected chi connectivity index (χ1v) is 10.6. The Balaban J connectivity index is 2.19. The lowest BCUT2D eigenvalue weighted by molar-refractivity contribution is -0.152. The third kappa shape index (κ3) is 2.78. The summed E-state index contributed by atoms with van der Waals surface area (Å²) >= 11 is 6.42. The second-order valence-corrected chi connectivity index (χ2v) is 7.91. The highest BCUT2D eigenvalue weighted by Gasteiger charge is 2.55. The van der Waals surface area contributed by atoms with Crippen LogP contribution in [0.2, 0.25) is 0 Å². The fraction of sp³-hybridized carbons (Fsp3) is 0.300. The molecule has 0 N–H and O–H groups in total. The molecule has 0 radical (unpaired) electrons. The van der Waals surface area contributed by atoms with Crippen LogP contribution in [0.5, 0.6) is 0 Å². The van der Waals surface area contributed by atoms with Gasteiger partial charge in [0.25, 0.3) is 0 Å². The van der Waals surface area contributed by atoms with Crippen molar-refractivity contribution in [2.75, 3.05) is 0 Å². The summed E-state index contributed by atoms with van der Waals surface area (Å²) in [4.78, 5) is 0. The van der Waals surface area contributed by atoms with E-state index in [0.717, 1.165) is 12.1 Å². The van der Waals surface area contributed by atoms with Gasteiger partial charge < -0.3 is 0 Å². The summed E-state index contributed by atoms with van der Waals surface area (Å²) in [6, 6.07) is 5.04. The Morgan fingerprint density at radius 3 is 1.29 bits per heavy atom. The summed E-state index contributed by atoms with van der Waals surface area (Å²) in [6.07, 6.45) is -6.11. The van der Waals surface area contributed by atoms with Crippen LogP contribution in [0.25, 0.3) is 12.2 Å². The molecule has 2 aliphatic carbocycles. The summed E-state index contributed by atoms with van der Waals surface area (Å²) in [5.41, 5.74) is 0.559. The molecule has 0 spiro atoms. The lowest BCUT2D eigenvalue weighted by atomic mass is 9.66. The number of hydrogen-bond acceptors (Lipinski definition) is 0. The molecule has 0 saturated carbocycles. The average Bonchev–Trinajstić information content (AvgIpc) is 2.58. The van der Waals surface area contributed by atoms with Crippen LogP contribution < -0.4 is 0 Å². The minimum absolute atomic E-state index is 0.0455. The predicted molar refractivity (Wildman–Crippen MR) is 103 cm³/mol. The summed E-state index contributed by atoms with van der Waals surface area (Å²) in [7, 11) is 0. The standard InChI is InChI=1S/C20H12Br2F6/c21-7-13-9-5-6-10(9)14(8-22)16-15(13)17(19(23,24)25)11-3-1-2-4-12(11)18(16)20(26,27)28/h1-6,17-18H,7-8H2. The van der Waals surface area contributed by atoms with Gasteiger partial charge in [-0.15, -0.1) is 0 Å². The topological polar surface area (TPSA) is 0 Å². The lowest BCUT2D eigenvalue weighted by Gasteiger charge is -2.40. The highest BCUT2D eigenvalue weighted by Crippen LogP contribution is 2.58. The van der Waals surface area contributed by atoms with E-state index in [9.17, 15) is 26.3 Å². The molecule has 28 heavy (non-hydrogen) atoms. The van der Waals surface area contributed by atoms with E-state index in [1.165, 1.54) is 12.1 Å². The molecule has 2 atom stereocenters. The Labute approximate surface area is 173 Å². The van der Waals surface area contributed by atoms with Crippen LogP contribution in [0.15, 0.2) is 24.3 Å². The zero-order chi connectivity index (χ0) is 20.4. The third-order valence-corrected chi connectivity index (χ3v) is 6.54. The number of rotatable bonds is 2. The van der Waals surface area contributed by atoms with E-state index in [2.05, 4.69) is 31.9 Å². The Hall–Kier alpha value is -1.28. The molecule has 2 aromatic rings. The molecule has 0 heterocycles. The van der Waals surface area contributed by atoms with Crippen molar-refractivity contribution in [1.29, 1.82) is 0 Å². The molecule has 2 aromatic carbocycles. The van der Waals surface area contributed by atoms with Gasteiger partial charge in [-0.2, -0.15) is 26.3 Å². The van der Waals surface area contributed by atoms with Crippen LogP contribution in [0, 0.1) is 0 Å². The first-order valence-electron chi connectivity index (χ1n) is 8.35. The fourth-order valence-corrected chi connectivity index (χ4v) is 5.57. The van der Waals surface area contributed by atoms with Crippen LogP contribution in [0.4, 0.5) is 26.3 Å². The molecule has 0 bridgehead atoms. The van der Waals surface area contributed by atoms with Crippen LogP contribution >= 0.6 is 31.9 Å². The molecule has 2 aliphatic rings. The number of alkyl halides is 8. The molecule has 0 amide bonds. The van der Waals surface area contributed by atoms with E-state index >= 15 is 0 Å². The SMILES string of the molecule is FC(F)(F)C1c2ccccc2C(C(F)(F)F)c2c(CBr)c3c(c(CBr)c21)C=C3. The summed E-state index contributed by atoms with van der Waals surface area (Å²) in [6.45, 7) is 0. The highest BCUT2D eigenvalue weighted by atomic mass is 79.9. The zero-order valence-corrected chi connectivity index (χ0v) is 17.2. The molecular weight excluding hydrogens is 514 g/mol. The van der Waals surface area contributed by atoms with E-state index in [4.69, 9.17) is 0 Å². The first-order chi connectivity index (χ1) is 13.1. The molecule has 0 aliphatic heterocycles. The lowest BCUT2D eigenvalue weighted by Crippen LogP contribution is -2.36. The Morgan fingerprint density at radius 1 is 0.679 bits per heavy atom. The Kier molecular flexibility index (Phi) is 4.73. The molecule has 8 heteroatoms. The van der Waals surface area contributed by atoms with Crippen molar-refractivity contribution in [3.63, 3.8) is 0 Å². The van der Waals surface area contributed by atoms with Crippen molar-refractivity contribution in [2.24, 2.45) is 0 Å². The zero-order valence-electron chi connectivity index (χ0n) is 14.1. The van der Waals surface area contributed by atoms with Gasteiger partial charge in [-0.3, -0.25) is 0 Å². The number of fused-ring (bicyclic) bond motifs is 3. The van der Waals surface area contributed by atoms with Crippen LogP contribution in [-0.4, -0.2) is 12.4 Å². The quantitative estimate of drug-likeness (QED) is 0.238. The van der Waals surface area contributed by atoms with E-state index in [1.807, 2.05) is 0 Å². The maximum absolute atomic E-state index is 14.2. The van der Waals surface area contributed by atoms with Gasteiger partial charge in [0.05, 0.1) is 0 Å². The van der Waals surface area contributed by atoms with E-state index in [0.29, 0.717) is 11.1 Å². The molecule has 4 rings (SSSR count). The molecular formula is C20H12Br2F6. The monoisotopic (exact) mass is 524 g/mol. The molecule has 148 valence electrons. The van der Waals surface area contributed by atoms with Crippen molar-refractivity contribution in [1.82, 2.24) is 0 Å². The van der Waals surface area contributed by atoms with E-state index in [1.54, 1.807) is 12.2 Å². The predicted octanol–water partition coefficient (Wildman–Crippen LogP) is 7.66. The van der Waals surface area contributed by atoms with Crippen molar-refractivity contribution in [3.05, 3.63) is 68.8 Å². The van der Waals surface area contributed by atoms with Gasteiger partial charge in [-0.25, -0.2) is 0 Å². The first kappa shape index (κ1) is 20.0.